The van der Waals surface area contributed by atoms with Crippen LogP contribution in [0.2, 0.25) is 0 Å². The Morgan fingerprint density at radius 2 is 1.71 bits per heavy atom. The van der Waals surface area contributed by atoms with Crippen LogP contribution in [0.3, 0.4) is 0 Å². The van der Waals surface area contributed by atoms with Crippen LogP contribution < -0.4 is 10.1 Å². The Kier molecular flexibility index (Phi) is 4.70. The number of nitrogens with zero attached hydrogens (tertiary/aromatic N) is 1. The zero-order valence-corrected chi connectivity index (χ0v) is 14.7. The Hall–Kier alpha value is -2.55. The molecule has 2 nitrogen and oxygen atoms in total. The number of fused-ring (bicyclic) bond motifs is 1. The quantitative estimate of drug-likeness (QED) is 0.610. The van der Waals surface area contributed by atoms with Gasteiger partial charge in [0.2, 0.25) is 0 Å². The monoisotopic (exact) mass is 315 g/mol. The zero-order valence-electron chi connectivity index (χ0n) is 14.7. The van der Waals surface area contributed by atoms with Crippen molar-refractivity contribution in [1.29, 1.82) is 0 Å². The molecule has 0 N–H and O–H groups in total. The lowest BCUT2D eigenvalue weighted by molar-refractivity contribution is 0.575. The summed E-state index contributed by atoms with van der Waals surface area (Å²) in [5.41, 5.74) is 6.86. The summed E-state index contributed by atoms with van der Waals surface area (Å²) in [7, 11) is -0.300. The Morgan fingerprint density at radius 3 is 2.42 bits per heavy atom. The van der Waals surface area contributed by atoms with Gasteiger partial charge in [0.05, 0.1) is 5.71 Å². The summed E-state index contributed by atoms with van der Waals surface area (Å²) in [5.74, 6) is 0.886. The van der Waals surface area contributed by atoms with Gasteiger partial charge in [-0.05, 0) is 51.4 Å². The van der Waals surface area contributed by atoms with E-state index < -0.39 is 0 Å². The van der Waals surface area contributed by atoms with E-state index in [1.54, 1.807) is 0 Å². The van der Waals surface area contributed by atoms with Gasteiger partial charge in [0.15, 0.2) is 0 Å². The molecule has 0 fully saturated rings. The maximum atomic E-state index is 6.22. The summed E-state index contributed by atoms with van der Waals surface area (Å²) in [4.78, 5) is 4.89. The molecule has 1 aliphatic rings. The number of allylic oxidation sites excluding steroid dienone is 4. The van der Waals surface area contributed by atoms with Crippen LogP contribution >= 0.6 is 0 Å². The lowest BCUT2D eigenvalue weighted by Gasteiger charge is -2.23. The van der Waals surface area contributed by atoms with E-state index in [-0.39, 0.29) is 7.05 Å². The van der Waals surface area contributed by atoms with Gasteiger partial charge in [-0.15, -0.1) is 0 Å². The van der Waals surface area contributed by atoms with Crippen molar-refractivity contribution in [2.45, 2.75) is 27.7 Å². The van der Waals surface area contributed by atoms with E-state index in [4.69, 9.17) is 9.56 Å². The highest BCUT2D eigenvalue weighted by atomic mass is 16.4. The summed E-state index contributed by atoms with van der Waals surface area (Å²) < 4.78 is 6.22. The Labute approximate surface area is 144 Å². The van der Waals surface area contributed by atoms with E-state index in [0.29, 0.717) is 0 Å². The Bertz CT molecular complexity index is 826. The van der Waals surface area contributed by atoms with Crippen molar-refractivity contribution < 1.29 is 4.65 Å². The number of rotatable bonds is 3. The zero-order chi connectivity index (χ0) is 17.1. The maximum absolute atomic E-state index is 6.22. The minimum atomic E-state index is -0.300. The summed E-state index contributed by atoms with van der Waals surface area (Å²) in [6.07, 6.45) is 8.09. The first-order valence-electron chi connectivity index (χ1n) is 8.31. The van der Waals surface area contributed by atoms with E-state index >= 15 is 0 Å². The Balaban J connectivity index is 2.10. The fraction of sp³-hybridized carbons (Fsp3) is 0.190. The van der Waals surface area contributed by atoms with Crippen molar-refractivity contribution in [3.63, 3.8) is 0 Å². The van der Waals surface area contributed by atoms with Crippen LogP contribution in [0.25, 0.3) is 0 Å². The molecule has 0 radical (unpaired) electrons. The molecule has 0 unspecified atom stereocenters. The van der Waals surface area contributed by atoms with Crippen LogP contribution in [-0.2, 0) is 0 Å². The number of hydrogen-bond donors (Lipinski definition) is 0. The van der Waals surface area contributed by atoms with Gasteiger partial charge in [0, 0.05) is 5.56 Å². The van der Waals surface area contributed by atoms with Crippen molar-refractivity contribution in [1.82, 2.24) is 0 Å². The first-order chi connectivity index (χ1) is 11.6. The summed E-state index contributed by atoms with van der Waals surface area (Å²) in [5, 5.41) is 0. The first-order valence-corrected chi connectivity index (χ1v) is 8.31. The van der Waals surface area contributed by atoms with Gasteiger partial charge in [-0.3, -0.25) is 4.90 Å². The van der Waals surface area contributed by atoms with Gasteiger partial charge >= 0.3 is 7.05 Å². The van der Waals surface area contributed by atoms with Crippen LogP contribution in [0.1, 0.15) is 29.2 Å². The van der Waals surface area contributed by atoms with Crippen LogP contribution in [0.15, 0.2) is 65.6 Å². The maximum Gasteiger partial charge on any atom is 0.539 e. The van der Waals surface area contributed by atoms with E-state index in [9.17, 15) is 0 Å². The predicted octanol–water partition coefficient (Wildman–Crippen LogP) is 4.32. The molecule has 1 heterocycles. The first kappa shape index (κ1) is 16.3. The topological polar surface area (TPSA) is 21.6 Å². The molecule has 0 atom stereocenters. The molecule has 3 heteroatoms. The second kappa shape index (κ2) is 6.92. The molecular formula is C21H22BNO. The standard InChI is InChI=1S/C21H22BNO/c1-5-6-7-11-19-18-10-8-9-12-20(18)24-22(23-19)21-16(3)13-15(2)14-17(21)4/h5-14H,1-4H3/b6-5-,11-7-. The van der Waals surface area contributed by atoms with Crippen molar-refractivity contribution in [3.05, 3.63) is 83.0 Å². The molecule has 120 valence electrons. The largest absolute Gasteiger partial charge is 0.539 e. The molecule has 2 aromatic carbocycles. The highest BCUT2D eigenvalue weighted by Crippen LogP contribution is 2.25. The number of hydrogen-bond acceptors (Lipinski definition) is 2. The second-order valence-electron chi connectivity index (χ2n) is 6.18. The highest BCUT2D eigenvalue weighted by Gasteiger charge is 2.30. The van der Waals surface area contributed by atoms with Gasteiger partial charge in [-0.25, -0.2) is 0 Å². The normalized spacial score (nSPS) is 14.0. The summed E-state index contributed by atoms with van der Waals surface area (Å²) in [6.45, 7) is 8.38. The lowest BCUT2D eigenvalue weighted by atomic mass is 9.68. The SMILES string of the molecule is C/C=C\C=C/C1=NB(c2c(C)cc(C)cc2C)Oc2ccccc21. The molecule has 1 aliphatic heterocycles. The highest BCUT2D eigenvalue weighted by molar-refractivity contribution is 6.69. The minimum Gasteiger partial charge on any atom is -0.536 e. The van der Waals surface area contributed by atoms with E-state index in [1.165, 1.54) is 16.7 Å². The minimum absolute atomic E-state index is 0.300. The number of para-hydroxylation sites is 1. The second-order valence-corrected chi connectivity index (χ2v) is 6.18. The third kappa shape index (κ3) is 3.21. The molecule has 0 amide bonds. The van der Waals surface area contributed by atoms with Gasteiger partial charge in [0.25, 0.3) is 0 Å². The molecule has 0 saturated heterocycles. The molecule has 0 saturated carbocycles. The smallest absolute Gasteiger partial charge is 0.536 e. The van der Waals surface area contributed by atoms with Gasteiger partial charge in [-0.2, -0.15) is 0 Å². The predicted molar refractivity (Wildman–Crippen MR) is 104 cm³/mol. The lowest BCUT2D eigenvalue weighted by Crippen LogP contribution is -2.42. The number of benzene rings is 2. The summed E-state index contributed by atoms with van der Waals surface area (Å²) >= 11 is 0. The van der Waals surface area contributed by atoms with Crippen molar-refractivity contribution >= 4 is 18.2 Å². The molecule has 0 spiro atoms. The molecule has 3 rings (SSSR count). The number of aryl methyl sites for hydroxylation is 3. The van der Waals surface area contributed by atoms with Crippen LogP contribution in [0, 0.1) is 20.8 Å². The van der Waals surface area contributed by atoms with Crippen LogP contribution in [0.4, 0.5) is 0 Å². The van der Waals surface area contributed by atoms with E-state index in [2.05, 4.69) is 39.0 Å². The third-order valence-corrected chi connectivity index (χ3v) is 4.20. The van der Waals surface area contributed by atoms with E-state index in [0.717, 1.165) is 22.5 Å². The van der Waals surface area contributed by atoms with Crippen molar-refractivity contribution in [2.24, 2.45) is 4.90 Å². The van der Waals surface area contributed by atoms with E-state index in [1.807, 2.05) is 49.4 Å². The molecule has 0 aliphatic carbocycles. The van der Waals surface area contributed by atoms with Gasteiger partial charge in [-0.1, -0.05) is 59.2 Å². The van der Waals surface area contributed by atoms with Crippen molar-refractivity contribution in [3.8, 4) is 5.75 Å². The average molecular weight is 315 g/mol. The van der Waals surface area contributed by atoms with Crippen molar-refractivity contribution in [2.75, 3.05) is 0 Å². The van der Waals surface area contributed by atoms with Crippen LogP contribution in [0.5, 0.6) is 5.75 Å². The summed E-state index contributed by atoms with van der Waals surface area (Å²) in [6, 6.07) is 12.5. The molecule has 0 aromatic heterocycles. The molecule has 0 bridgehead atoms. The Morgan fingerprint density at radius 1 is 1.00 bits per heavy atom. The van der Waals surface area contributed by atoms with Gasteiger partial charge in [0.1, 0.15) is 5.75 Å². The van der Waals surface area contributed by atoms with Crippen LogP contribution in [-0.4, -0.2) is 12.8 Å². The molecule has 24 heavy (non-hydrogen) atoms. The molecular weight excluding hydrogens is 293 g/mol. The third-order valence-electron chi connectivity index (χ3n) is 4.20. The fourth-order valence-electron chi connectivity index (χ4n) is 3.22. The fourth-order valence-corrected chi connectivity index (χ4v) is 3.22. The average Bonchev–Trinajstić information content (AvgIpc) is 2.54. The van der Waals surface area contributed by atoms with Gasteiger partial charge < -0.3 is 4.65 Å². The molecule has 2 aromatic rings.